The van der Waals surface area contributed by atoms with E-state index in [1.807, 2.05) is 32.9 Å². The highest BCUT2D eigenvalue weighted by Gasteiger charge is 2.49. The molecule has 2 aromatic carbocycles. The summed E-state index contributed by atoms with van der Waals surface area (Å²) in [6.45, 7) is 7.01. The summed E-state index contributed by atoms with van der Waals surface area (Å²) < 4.78 is 39.1. The van der Waals surface area contributed by atoms with Gasteiger partial charge >= 0.3 is 12.2 Å². The molecule has 33 heavy (non-hydrogen) atoms. The Morgan fingerprint density at radius 3 is 2.24 bits per heavy atom. The lowest BCUT2D eigenvalue weighted by atomic mass is 9.84. The predicted octanol–water partition coefficient (Wildman–Crippen LogP) is 5.06. The first-order chi connectivity index (χ1) is 15.1. The number of carbonyl (C=O) groups is 3. The average molecular weight is 482 g/mol. The van der Waals surface area contributed by atoms with Gasteiger partial charge in [0.2, 0.25) is 5.91 Å². The number of amides is 4. The van der Waals surface area contributed by atoms with E-state index in [9.17, 15) is 27.6 Å². The minimum Gasteiger partial charge on any atom is -0.325 e. The molecule has 0 aromatic heterocycles. The molecule has 0 unspecified atom stereocenters. The smallest absolute Gasteiger partial charge is 0.325 e. The van der Waals surface area contributed by atoms with Crippen molar-refractivity contribution in [1.29, 1.82) is 0 Å². The number of nitrogens with one attached hydrogen (secondary N) is 2. The maximum absolute atomic E-state index is 13.0. The van der Waals surface area contributed by atoms with Crippen LogP contribution >= 0.6 is 11.6 Å². The van der Waals surface area contributed by atoms with Crippen LogP contribution in [0.3, 0.4) is 0 Å². The van der Waals surface area contributed by atoms with E-state index in [1.165, 1.54) is 13.0 Å². The molecular weight excluding hydrogens is 459 g/mol. The van der Waals surface area contributed by atoms with E-state index in [0.717, 1.165) is 16.5 Å². The SMILES string of the molecule is CC(C)(C)c1ccc([C@@]2(C)NC(=O)N(CC(=O)Nc3ccc(Cl)c(C(F)(F)F)c3)C2=O)cc1. The van der Waals surface area contributed by atoms with Gasteiger partial charge in [0, 0.05) is 5.69 Å². The fourth-order valence-corrected chi connectivity index (χ4v) is 3.73. The van der Waals surface area contributed by atoms with Gasteiger partial charge in [-0.3, -0.25) is 14.5 Å². The van der Waals surface area contributed by atoms with E-state index in [4.69, 9.17) is 11.6 Å². The Morgan fingerprint density at radius 1 is 1.09 bits per heavy atom. The van der Waals surface area contributed by atoms with E-state index >= 15 is 0 Å². The molecule has 1 saturated heterocycles. The zero-order chi connectivity index (χ0) is 24.8. The van der Waals surface area contributed by atoms with E-state index in [-0.39, 0.29) is 11.1 Å². The summed E-state index contributed by atoms with van der Waals surface area (Å²) in [5.74, 6) is -1.47. The molecule has 2 N–H and O–H groups in total. The number of alkyl halides is 3. The molecule has 0 radical (unpaired) electrons. The van der Waals surface area contributed by atoms with Crippen LogP contribution in [-0.4, -0.2) is 29.3 Å². The van der Waals surface area contributed by atoms with Crippen LogP contribution in [-0.2, 0) is 26.7 Å². The summed E-state index contributed by atoms with van der Waals surface area (Å²) in [4.78, 5) is 38.6. The number of benzene rings is 2. The van der Waals surface area contributed by atoms with Crippen molar-refractivity contribution >= 4 is 35.1 Å². The Labute approximate surface area is 194 Å². The average Bonchev–Trinajstić information content (AvgIpc) is 2.92. The van der Waals surface area contributed by atoms with Gasteiger partial charge in [0.05, 0.1) is 10.6 Å². The summed E-state index contributed by atoms with van der Waals surface area (Å²) in [7, 11) is 0. The summed E-state index contributed by atoms with van der Waals surface area (Å²) in [6.07, 6.45) is -4.70. The molecule has 3 rings (SSSR count). The fraction of sp³-hybridized carbons (Fsp3) is 0.348. The van der Waals surface area contributed by atoms with E-state index in [2.05, 4.69) is 10.6 Å². The molecule has 10 heteroatoms. The second kappa shape index (κ2) is 8.37. The number of rotatable bonds is 4. The third kappa shape index (κ3) is 4.98. The van der Waals surface area contributed by atoms with Gasteiger partial charge in [-0.05, 0) is 41.7 Å². The highest BCUT2D eigenvalue weighted by Crippen LogP contribution is 2.36. The molecule has 0 bridgehead atoms. The highest BCUT2D eigenvalue weighted by atomic mass is 35.5. The molecular formula is C23H23ClF3N3O3. The first kappa shape index (κ1) is 24.6. The van der Waals surface area contributed by atoms with Crippen molar-refractivity contribution in [3.05, 3.63) is 64.2 Å². The van der Waals surface area contributed by atoms with Crippen molar-refractivity contribution in [3.63, 3.8) is 0 Å². The number of hydrogen-bond donors (Lipinski definition) is 2. The van der Waals surface area contributed by atoms with Crippen molar-refractivity contribution < 1.29 is 27.6 Å². The highest BCUT2D eigenvalue weighted by molar-refractivity contribution is 6.31. The van der Waals surface area contributed by atoms with Crippen LogP contribution in [0.5, 0.6) is 0 Å². The molecule has 1 heterocycles. The van der Waals surface area contributed by atoms with Crippen molar-refractivity contribution in [2.75, 3.05) is 11.9 Å². The summed E-state index contributed by atoms with van der Waals surface area (Å²) >= 11 is 5.58. The lowest BCUT2D eigenvalue weighted by Gasteiger charge is -2.24. The van der Waals surface area contributed by atoms with Crippen molar-refractivity contribution in [2.24, 2.45) is 0 Å². The first-order valence-electron chi connectivity index (χ1n) is 10.0. The van der Waals surface area contributed by atoms with Gasteiger partial charge in [-0.15, -0.1) is 0 Å². The lowest BCUT2D eigenvalue weighted by molar-refractivity contribution is -0.137. The minimum atomic E-state index is -4.70. The van der Waals surface area contributed by atoms with E-state index in [1.54, 1.807) is 12.1 Å². The molecule has 0 spiro atoms. The Hall–Kier alpha value is -3.07. The van der Waals surface area contributed by atoms with Crippen LogP contribution in [0.15, 0.2) is 42.5 Å². The van der Waals surface area contributed by atoms with Gasteiger partial charge < -0.3 is 10.6 Å². The van der Waals surface area contributed by atoms with Crippen LogP contribution in [0, 0.1) is 0 Å². The van der Waals surface area contributed by atoms with Crippen molar-refractivity contribution in [1.82, 2.24) is 10.2 Å². The Balaban J connectivity index is 1.75. The van der Waals surface area contributed by atoms with E-state index < -0.39 is 46.7 Å². The zero-order valence-corrected chi connectivity index (χ0v) is 19.2. The largest absolute Gasteiger partial charge is 0.417 e. The second-order valence-electron chi connectivity index (χ2n) is 9.01. The molecule has 1 fully saturated rings. The Bertz CT molecular complexity index is 1110. The minimum absolute atomic E-state index is 0.0971. The van der Waals surface area contributed by atoms with Crippen LogP contribution in [0.4, 0.5) is 23.7 Å². The number of halogens is 4. The fourth-order valence-electron chi connectivity index (χ4n) is 3.50. The molecule has 1 aliphatic rings. The van der Waals surface area contributed by atoms with Gasteiger partial charge in [-0.25, -0.2) is 4.79 Å². The number of urea groups is 1. The molecule has 176 valence electrons. The first-order valence-corrected chi connectivity index (χ1v) is 10.4. The molecule has 2 aromatic rings. The van der Waals surface area contributed by atoms with Crippen molar-refractivity contribution in [2.45, 2.75) is 44.8 Å². The summed E-state index contributed by atoms with van der Waals surface area (Å²) in [5.41, 5.74) is -1.15. The molecule has 0 saturated carbocycles. The third-order valence-corrected chi connectivity index (χ3v) is 5.79. The normalized spacial score (nSPS) is 19.0. The summed E-state index contributed by atoms with van der Waals surface area (Å²) in [5, 5.41) is 4.36. The van der Waals surface area contributed by atoms with Crippen LogP contribution in [0.2, 0.25) is 5.02 Å². The quantitative estimate of drug-likeness (QED) is 0.599. The maximum atomic E-state index is 13.0. The molecule has 0 aliphatic carbocycles. The monoisotopic (exact) mass is 481 g/mol. The predicted molar refractivity (Wildman–Crippen MR) is 118 cm³/mol. The van der Waals surface area contributed by atoms with Gasteiger partial charge in [-0.2, -0.15) is 13.2 Å². The third-order valence-electron chi connectivity index (χ3n) is 5.46. The van der Waals surface area contributed by atoms with Crippen LogP contribution < -0.4 is 10.6 Å². The van der Waals surface area contributed by atoms with Gasteiger partial charge in [-0.1, -0.05) is 56.6 Å². The number of carbonyl (C=O) groups excluding carboxylic acids is 3. The Kier molecular flexibility index (Phi) is 6.23. The maximum Gasteiger partial charge on any atom is 0.417 e. The molecule has 1 atom stereocenters. The topological polar surface area (TPSA) is 78.5 Å². The van der Waals surface area contributed by atoms with Gasteiger partial charge in [0.15, 0.2) is 0 Å². The molecule has 4 amide bonds. The number of nitrogens with zero attached hydrogens (tertiary/aromatic N) is 1. The second-order valence-corrected chi connectivity index (χ2v) is 9.42. The Morgan fingerprint density at radius 2 is 1.70 bits per heavy atom. The molecule has 6 nitrogen and oxygen atoms in total. The summed E-state index contributed by atoms with van der Waals surface area (Å²) in [6, 6.07) is 9.34. The van der Waals surface area contributed by atoms with Gasteiger partial charge in [0.25, 0.3) is 5.91 Å². The molecule has 1 aliphatic heterocycles. The van der Waals surface area contributed by atoms with E-state index in [0.29, 0.717) is 11.6 Å². The van der Waals surface area contributed by atoms with Crippen LogP contribution in [0.1, 0.15) is 44.4 Å². The zero-order valence-electron chi connectivity index (χ0n) is 18.4. The number of imide groups is 1. The number of hydrogen-bond acceptors (Lipinski definition) is 3. The standard InChI is InChI=1S/C23H23ClF3N3O3/c1-21(2,3)13-5-7-14(8-6-13)22(4)19(32)30(20(33)29-22)12-18(31)28-15-9-10-17(24)16(11-15)23(25,26)27/h5-11H,12H2,1-4H3,(H,28,31)(H,29,33)/t22-/m1/s1. The number of anilines is 1. The van der Waals surface area contributed by atoms with Gasteiger partial charge in [0.1, 0.15) is 12.1 Å². The van der Waals surface area contributed by atoms with Crippen molar-refractivity contribution in [3.8, 4) is 0 Å². The lowest BCUT2D eigenvalue weighted by Crippen LogP contribution is -2.42. The van der Waals surface area contributed by atoms with Crippen LogP contribution in [0.25, 0.3) is 0 Å².